The van der Waals surface area contributed by atoms with Crippen LogP contribution >= 0.6 is 0 Å². The summed E-state index contributed by atoms with van der Waals surface area (Å²) in [6.07, 6.45) is 1.49. The van der Waals surface area contributed by atoms with Crippen LogP contribution in [0.4, 0.5) is 8.78 Å². The summed E-state index contributed by atoms with van der Waals surface area (Å²) in [6.45, 7) is 0. The number of aromatic amines is 1. The fourth-order valence-corrected chi connectivity index (χ4v) is 1.46. The SMILES string of the molecule is O=C(O)C(F)(F)c1cccc2cc[nH]c12. The highest BCUT2D eigenvalue weighted by Gasteiger charge is 2.42. The van der Waals surface area contributed by atoms with Gasteiger partial charge < -0.3 is 10.1 Å². The van der Waals surface area contributed by atoms with Gasteiger partial charge in [-0.2, -0.15) is 8.78 Å². The Hall–Kier alpha value is -1.91. The molecule has 0 amide bonds. The third-order valence-corrected chi connectivity index (χ3v) is 2.19. The molecule has 2 N–H and O–H groups in total. The first-order valence-electron chi connectivity index (χ1n) is 4.21. The molecule has 5 heteroatoms. The number of aromatic nitrogens is 1. The van der Waals surface area contributed by atoms with Crippen molar-refractivity contribution in [3.63, 3.8) is 0 Å². The molecule has 0 unspecified atom stereocenters. The second-order valence-electron chi connectivity index (χ2n) is 3.13. The minimum Gasteiger partial charge on any atom is -0.477 e. The predicted molar refractivity (Wildman–Crippen MR) is 49.8 cm³/mol. The zero-order chi connectivity index (χ0) is 11.1. The molecule has 2 aromatic rings. The quantitative estimate of drug-likeness (QED) is 0.801. The maximum absolute atomic E-state index is 13.3. The molecule has 0 radical (unpaired) electrons. The van der Waals surface area contributed by atoms with Crippen LogP contribution in [0.5, 0.6) is 0 Å². The number of fused-ring (bicyclic) bond motifs is 1. The Labute approximate surface area is 83.3 Å². The van der Waals surface area contributed by atoms with Gasteiger partial charge in [0.1, 0.15) is 0 Å². The average molecular weight is 211 g/mol. The van der Waals surface area contributed by atoms with Gasteiger partial charge in [-0.25, -0.2) is 4.79 Å². The van der Waals surface area contributed by atoms with Crippen LogP contribution in [0, 0.1) is 0 Å². The molecule has 0 aliphatic carbocycles. The van der Waals surface area contributed by atoms with E-state index in [-0.39, 0.29) is 5.52 Å². The van der Waals surface area contributed by atoms with E-state index in [1.165, 1.54) is 12.3 Å². The highest BCUT2D eigenvalue weighted by molar-refractivity contribution is 5.89. The summed E-state index contributed by atoms with van der Waals surface area (Å²) >= 11 is 0. The first kappa shape index (κ1) is 9.64. The number of H-pyrrole nitrogens is 1. The molecule has 1 aromatic carbocycles. The van der Waals surface area contributed by atoms with Gasteiger partial charge in [0, 0.05) is 6.20 Å². The molecule has 78 valence electrons. The van der Waals surface area contributed by atoms with Gasteiger partial charge in [0.25, 0.3) is 0 Å². The van der Waals surface area contributed by atoms with Crippen LogP contribution in [0.2, 0.25) is 0 Å². The second-order valence-corrected chi connectivity index (χ2v) is 3.13. The molecular formula is C10H7F2NO2. The predicted octanol–water partition coefficient (Wildman–Crippen LogP) is 2.34. The van der Waals surface area contributed by atoms with Crippen molar-refractivity contribution in [3.05, 3.63) is 36.0 Å². The van der Waals surface area contributed by atoms with Crippen molar-refractivity contribution in [3.8, 4) is 0 Å². The summed E-state index contributed by atoms with van der Waals surface area (Å²) in [6, 6.07) is 5.75. The molecule has 0 aliphatic rings. The molecule has 3 nitrogen and oxygen atoms in total. The first-order valence-corrected chi connectivity index (χ1v) is 4.21. The fourth-order valence-electron chi connectivity index (χ4n) is 1.46. The topological polar surface area (TPSA) is 53.1 Å². The summed E-state index contributed by atoms with van der Waals surface area (Å²) in [4.78, 5) is 13.0. The molecule has 0 atom stereocenters. The van der Waals surface area contributed by atoms with Crippen molar-refractivity contribution < 1.29 is 18.7 Å². The van der Waals surface area contributed by atoms with E-state index in [9.17, 15) is 13.6 Å². The lowest BCUT2D eigenvalue weighted by atomic mass is 10.1. The van der Waals surface area contributed by atoms with Gasteiger partial charge in [-0.05, 0) is 11.5 Å². The minimum atomic E-state index is -3.87. The van der Waals surface area contributed by atoms with Crippen molar-refractivity contribution in [2.75, 3.05) is 0 Å². The molecule has 0 bridgehead atoms. The summed E-state index contributed by atoms with van der Waals surface area (Å²) in [7, 11) is 0. The van der Waals surface area contributed by atoms with E-state index in [1.54, 1.807) is 12.1 Å². The van der Waals surface area contributed by atoms with E-state index in [1.807, 2.05) is 0 Å². The lowest BCUT2D eigenvalue weighted by Gasteiger charge is -2.12. The smallest absolute Gasteiger partial charge is 0.379 e. The monoisotopic (exact) mass is 211 g/mol. The van der Waals surface area contributed by atoms with Gasteiger partial charge >= 0.3 is 11.9 Å². The van der Waals surface area contributed by atoms with E-state index in [2.05, 4.69) is 4.98 Å². The number of hydrogen-bond acceptors (Lipinski definition) is 1. The Morgan fingerprint density at radius 1 is 1.33 bits per heavy atom. The second kappa shape index (κ2) is 3.05. The van der Waals surface area contributed by atoms with Gasteiger partial charge in [-0.1, -0.05) is 18.2 Å². The van der Waals surface area contributed by atoms with Gasteiger partial charge in [0.15, 0.2) is 0 Å². The van der Waals surface area contributed by atoms with E-state index >= 15 is 0 Å². The van der Waals surface area contributed by atoms with Crippen molar-refractivity contribution >= 4 is 16.9 Å². The number of alkyl halides is 2. The number of carboxylic acids is 1. The third-order valence-electron chi connectivity index (χ3n) is 2.19. The average Bonchev–Trinajstić information content (AvgIpc) is 2.64. The van der Waals surface area contributed by atoms with Crippen LogP contribution in [0.15, 0.2) is 30.5 Å². The molecule has 1 heterocycles. The van der Waals surface area contributed by atoms with E-state index in [0.29, 0.717) is 5.39 Å². The number of halogens is 2. The van der Waals surface area contributed by atoms with Crippen LogP contribution in [-0.2, 0) is 10.7 Å². The summed E-state index contributed by atoms with van der Waals surface area (Å²) < 4.78 is 26.5. The van der Waals surface area contributed by atoms with Crippen molar-refractivity contribution in [2.24, 2.45) is 0 Å². The molecule has 0 saturated carbocycles. The Bertz CT molecular complexity index is 519. The van der Waals surface area contributed by atoms with Crippen LogP contribution in [0.3, 0.4) is 0 Å². The van der Waals surface area contributed by atoms with E-state index in [0.717, 1.165) is 6.07 Å². The Balaban J connectivity index is 2.71. The number of hydrogen-bond donors (Lipinski definition) is 2. The van der Waals surface area contributed by atoms with Crippen LogP contribution in [0.25, 0.3) is 10.9 Å². The van der Waals surface area contributed by atoms with Crippen molar-refractivity contribution in [1.29, 1.82) is 0 Å². The number of carbonyl (C=O) groups is 1. The summed E-state index contributed by atoms with van der Waals surface area (Å²) in [5.41, 5.74) is -0.359. The number of nitrogens with one attached hydrogen (secondary N) is 1. The van der Waals surface area contributed by atoms with Crippen LogP contribution in [-0.4, -0.2) is 16.1 Å². The van der Waals surface area contributed by atoms with Gasteiger partial charge in [-0.3, -0.25) is 0 Å². The van der Waals surface area contributed by atoms with Gasteiger partial charge in [0.2, 0.25) is 0 Å². The zero-order valence-electron chi connectivity index (χ0n) is 7.50. The molecule has 0 saturated heterocycles. The largest absolute Gasteiger partial charge is 0.477 e. The lowest BCUT2D eigenvalue weighted by Crippen LogP contribution is -2.25. The standard InChI is InChI=1S/C10H7F2NO2/c11-10(12,9(14)15)7-3-1-2-6-4-5-13-8(6)7/h1-5,13H,(H,14,15). The number of para-hydroxylation sites is 1. The first-order chi connectivity index (χ1) is 7.03. The van der Waals surface area contributed by atoms with Gasteiger partial charge in [0.05, 0.1) is 11.1 Å². The minimum absolute atomic E-state index is 0.157. The molecular weight excluding hydrogens is 204 g/mol. The number of rotatable bonds is 2. The zero-order valence-corrected chi connectivity index (χ0v) is 7.50. The number of carboxylic acid groups (broad SMARTS) is 1. The molecule has 0 fully saturated rings. The Kier molecular flexibility index (Phi) is 1.96. The summed E-state index contributed by atoms with van der Waals surface area (Å²) in [5, 5.41) is 8.99. The lowest BCUT2D eigenvalue weighted by molar-refractivity contribution is -0.166. The van der Waals surface area contributed by atoms with Crippen LogP contribution < -0.4 is 0 Å². The maximum atomic E-state index is 13.3. The van der Waals surface area contributed by atoms with Crippen LogP contribution in [0.1, 0.15) is 5.56 Å². The Morgan fingerprint density at radius 3 is 2.73 bits per heavy atom. The van der Waals surface area contributed by atoms with Crippen molar-refractivity contribution in [1.82, 2.24) is 4.98 Å². The molecule has 2 rings (SSSR count). The normalized spacial score (nSPS) is 11.9. The number of aliphatic carboxylic acids is 1. The van der Waals surface area contributed by atoms with E-state index < -0.39 is 17.5 Å². The summed E-state index contributed by atoms with van der Waals surface area (Å²) in [5.74, 6) is -6.02. The maximum Gasteiger partial charge on any atom is 0.379 e. The van der Waals surface area contributed by atoms with Crippen molar-refractivity contribution in [2.45, 2.75) is 5.92 Å². The third kappa shape index (κ3) is 1.36. The molecule has 15 heavy (non-hydrogen) atoms. The highest BCUT2D eigenvalue weighted by atomic mass is 19.3. The molecule has 0 aliphatic heterocycles. The fraction of sp³-hybridized carbons (Fsp3) is 0.100. The Morgan fingerprint density at radius 2 is 2.07 bits per heavy atom. The van der Waals surface area contributed by atoms with E-state index in [4.69, 9.17) is 5.11 Å². The molecule has 0 spiro atoms. The highest BCUT2D eigenvalue weighted by Crippen LogP contribution is 2.32. The van der Waals surface area contributed by atoms with Gasteiger partial charge in [-0.15, -0.1) is 0 Å². The molecule has 1 aromatic heterocycles. The number of benzene rings is 1.